The van der Waals surface area contributed by atoms with E-state index in [1.807, 2.05) is 19.0 Å². The Hall–Kier alpha value is -0.260. The van der Waals surface area contributed by atoms with Gasteiger partial charge in [-0.3, -0.25) is 4.21 Å². The molecule has 3 nitrogen and oxygen atoms in total. The maximum absolute atomic E-state index is 11.5. The van der Waals surface area contributed by atoms with Crippen LogP contribution in [0.25, 0.3) is 0 Å². The summed E-state index contributed by atoms with van der Waals surface area (Å²) in [6, 6.07) is 0. The van der Waals surface area contributed by atoms with Crippen LogP contribution in [0.5, 0.6) is 0 Å². The molecule has 0 aliphatic carbocycles. The van der Waals surface area contributed by atoms with E-state index in [1.165, 1.54) is 0 Å². The van der Waals surface area contributed by atoms with E-state index in [4.69, 9.17) is 18.0 Å². The molecule has 0 aliphatic heterocycles. The van der Waals surface area contributed by atoms with Crippen molar-refractivity contribution in [2.75, 3.05) is 32.1 Å². The third-order valence-corrected chi connectivity index (χ3v) is 2.89. The zero-order chi connectivity index (χ0) is 11.1. The molecular weight excluding hydrogens is 216 g/mol. The normalized spacial score (nSPS) is 14.4. The van der Waals surface area contributed by atoms with E-state index in [0.29, 0.717) is 17.2 Å². The van der Waals surface area contributed by atoms with Gasteiger partial charge in [-0.25, -0.2) is 0 Å². The third-order valence-electron chi connectivity index (χ3n) is 1.48. The molecule has 0 radical (unpaired) electrons. The van der Waals surface area contributed by atoms with Crippen molar-refractivity contribution in [3.63, 3.8) is 0 Å². The Bertz CT molecular complexity index is 249. The van der Waals surface area contributed by atoms with Crippen LogP contribution in [0.1, 0.15) is 6.92 Å². The van der Waals surface area contributed by atoms with Gasteiger partial charge in [-0.15, -0.1) is 0 Å². The molecule has 0 spiro atoms. The summed E-state index contributed by atoms with van der Waals surface area (Å²) in [5.41, 5.74) is 6.25. The lowest BCUT2D eigenvalue weighted by atomic mass is 10.4. The highest BCUT2D eigenvalue weighted by molar-refractivity contribution is 7.85. The summed E-state index contributed by atoms with van der Waals surface area (Å²) in [4.78, 5) is 2.73. The first kappa shape index (κ1) is 13.7. The Morgan fingerprint density at radius 2 is 2.14 bits per heavy atom. The lowest BCUT2D eigenvalue weighted by Crippen LogP contribution is -2.21. The summed E-state index contributed by atoms with van der Waals surface area (Å²) in [7, 11) is 3.03. The molecule has 0 amide bonds. The van der Waals surface area contributed by atoms with E-state index in [2.05, 4.69) is 0 Å². The van der Waals surface area contributed by atoms with Crippen LogP contribution < -0.4 is 5.73 Å². The highest BCUT2D eigenvalue weighted by atomic mass is 32.2. The van der Waals surface area contributed by atoms with Crippen LogP contribution in [-0.4, -0.2) is 46.1 Å². The summed E-state index contributed by atoms with van der Waals surface area (Å²) >= 11 is 4.87. The molecule has 0 aliphatic rings. The molecule has 0 saturated heterocycles. The predicted octanol–water partition coefficient (Wildman–Crippen LogP) is 0.529. The van der Waals surface area contributed by atoms with Crippen molar-refractivity contribution < 1.29 is 4.21 Å². The number of hydrogen-bond acceptors (Lipinski definition) is 4. The van der Waals surface area contributed by atoms with Gasteiger partial charge in [-0.1, -0.05) is 12.2 Å². The van der Waals surface area contributed by atoms with E-state index in [0.717, 1.165) is 11.4 Å². The van der Waals surface area contributed by atoms with Crippen molar-refractivity contribution in [2.24, 2.45) is 5.73 Å². The van der Waals surface area contributed by atoms with Crippen molar-refractivity contribution in [3.05, 3.63) is 11.8 Å². The number of allylic oxidation sites excluding steroid dienone is 1. The number of hydrogen-bond donors (Lipinski definition) is 1. The van der Waals surface area contributed by atoms with Gasteiger partial charge >= 0.3 is 0 Å². The molecule has 0 bridgehead atoms. The molecule has 5 heteroatoms. The van der Waals surface area contributed by atoms with E-state index < -0.39 is 10.8 Å². The number of nitrogens with zero attached hydrogens (tertiary/aromatic N) is 1. The lowest BCUT2D eigenvalue weighted by Gasteiger charge is -2.08. The average molecular weight is 234 g/mol. The van der Waals surface area contributed by atoms with E-state index in [9.17, 15) is 4.21 Å². The molecule has 0 aromatic heterocycles. The van der Waals surface area contributed by atoms with Crippen molar-refractivity contribution in [1.82, 2.24) is 4.90 Å². The summed E-state index contributed by atoms with van der Waals surface area (Å²) in [5, 5.41) is 0. The first-order valence-corrected chi connectivity index (χ1v) is 6.27. The second kappa shape index (κ2) is 7.09. The van der Waals surface area contributed by atoms with Crippen LogP contribution in [0.15, 0.2) is 11.8 Å². The van der Waals surface area contributed by atoms with Crippen LogP contribution in [0.3, 0.4) is 0 Å². The topological polar surface area (TPSA) is 46.3 Å². The van der Waals surface area contributed by atoms with Crippen LogP contribution in [0, 0.1) is 0 Å². The molecule has 0 rings (SSSR count). The lowest BCUT2D eigenvalue weighted by molar-refractivity contribution is 0.435. The molecule has 0 aromatic rings. The minimum atomic E-state index is -0.882. The molecule has 0 fully saturated rings. The molecule has 82 valence electrons. The highest BCUT2D eigenvalue weighted by Crippen LogP contribution is 1.93. The molecular formula is C9H18N2OS2. The fourth-order valence-electron chi connectivity index (χ4n) is 0.845. The van der Waals surface area contributed by atoms with Crippen molar-refractivity contribution >= 4 is 27.9 Å². The zero-order valence-electron chi connectivity index (χ0n) is 8.95. The second-order valence-electron chi connectivity index (χ2n) is 3.42. The van der Waals surface area contributed by atoms with Gasteiger partial charge in [0.15, 0.2) is 0 Å². The quantitative estimate of drug-likeness (QED) is 0.538. The van der Waals surface area contributed by atoms with Gasteiger partial charge in [0.05, 0.1) is 5.75 Å². The summed E-state index contributed by atoms with van der Waals surface area (Å²) < 4.78 is 11.5. The number of nitrogens with two attached hydrogens (primary N) is 1. The van der Waals surface area contributed by atoms with Gasteiger partial charge in [-0.2, -0.15) is 0 Å². The smallest absolute Gasteiger partial charge is 0.0632 e. The SMILES string of the molecule is CC(=S)/C=C(\N)CS(=O)CCN(C)C. The van der Waals surface area contributed by atoms with Crippen LogP contribution in [-0.2, 0) is 10.8 Å². The third kappa shape index (κ3) is 8.34. The number of rotatable bonds is 6. The summed E-state index contributed by atoms with van der Waals surface area (Å²) in [5.74, 6) is 1.07. The van der Waals surface area contributed by atoms with Crippen LogP contribution >= 0.6 is 12.2 Å². The molecule has 0 heterocycles. The maximum Gasteiger partial charge on any atom is 0.0632 e. The van der Waals surface area contributed by atoms with Gasteiger partial charge in [0.25, 0.3) is 0 Å². The van der Waals surface area contributed by atoms with E-state index in [-0.39, 0.29) is 0 Å². The van der Waals surface area contributed by atoms with Gasteiger partial charge < -0.3 is 10.6 Å². The molecule has 1 atom stereocenters. The average Bonchev–Trinajstić information content (AvgIpc) is 1.98. The standard InChI is InChI=1S/C9H18N2OS2/c1-8(13)6-9(10)7-14(12)5-4-11(2)3/h6H,4-5,7,10H2,1-3H3/b9-6-. The summed E-state index contributed by atoms with van der Waals surface area (Å²) in [6.45, 7) is 2.61. The van der Waals surface area contributed by atoms with Gasteiger partial charge in [-0.05, 0) is 27.1 Å². The Kier molecular flexibility index (Phi) is 6.96. The van der Waals surface area contributed by atoms with Crippen LogP contribution in [0.4, 0.5) is 0 Å². The van der Waals surface area contributed by atoms with E-state index >= 15 is 0 Å². The summed E-state index contributed by atoms with van der Waals surface area (Å²) in [6.07, 6.45) is 1.70. The molecule has 0 saturated carbocycles. The van der Waals surface area contributed by atoms with Crippen LogP contribution in [0.2, 0.25) is 0 Å². The van der Waals surface area contributed by atoms with Crippen molar-refractivity contribution in [1.29, 1.82) is 0 Å². The fourth-order valence-corrected chi connectivity index (χ4v) is 2.16. The highest BCUT2D eigenvalue weighted by Gasteiger charge is 2.02. The second-order valence-corrected chi connectivity index (χ2v) is 5.64. The van der Waals surface area contributed by atoms with Gasteiger partial charge in [0.2, 0.25) is 0 Å². The van der Waals surface area contributed by atoms with Gasteiger partial charge in [0.1, 0.15) is 0 Å². The number of thiocarbonyl (C=S) groups is 1. The Balaban J connectivity index is 3.88. The Morgan fingerprint density at radius 1 is 1.57 bits per heavy atom. The molecule has 2 N–H and O–H groups in total. The predicted molar refractivity (Wildman–Crippen MR) is 67.0 cm³/mol. The van der Waals surface area contributed by atoms with Crippen molar-refractivity contribution in [3.8, 4) is 0 Å². The van der Waals surface area contributed by atoms with Crippen molar-refractivity contribution in [2.45, 2.75) is 6.92 Å². The van der Waals surface area contributed by atoms with Gasteiger partial charge in [0, 0.05) is 33.7 Å². The first-order valence-electron chi connectivity index (χ1n) is 4.38. The molecule has 1 unspecified atom stereocenters. The fraction of sp³-hybridized carbons (Fsp3) is 0.667. The minimum Gasteiger partial charge on any atom is -0.401 e. The maximum atomic E-state index is 11.5. The monoisotopic (exact) mass is 234 g/mol. The largest absolute Gasteiger partial charge is 0.401 e. The zero-order valence-corrected chi connectivity index (χ0v) is 10.6. The Morgan fingerprint density at radius 3 is 2.57 bits per heavy atom. The minimum absolute atomic E-state index is 0.418. The molecule has 14 heavy (non-hydrogen) atoms. The molecule has 0 aromatic carbocycles. The first-order chi connectivity index (χ1) is 6.41. The Labute approximate surface area is 93.8 Å². The van der Waals surface area contributed by atoms with E-state index in [1.54, 1.807) is 13.0 Å².